The van der Waals surface area contributed by atoms with Crippen LogP contribution < -0.4 is 14.8 Å². The largest absolute Gasteiger partial charge is 0.497 e. The molecule has 0 aliphatic heterocycles. The van der Waals surface area contributed by atoms with E-state index in [1.165, 1.54) is 6.08 Å². The number of aromatic nitrogens is 2. The third-order valence-electron chi connectivity index (χ3n) is 3.56. The van der Waals surface area contributed by atoms with Gasteiger partial charge in [-0.25, -0.2) is 0 Å². The van der Waals surface area contributed by atoms with Crippen LogP contribution in [-0.4, -0.2) is 30.3 Å². The van der Waals surface area contributed by atoms with E-state index in [9.17, 15) is 4.79 Å². The monoisotopic (exact) mass is 323 g/mol. The molecular formula is C18H17N3O3. The quantitative estimate of drug-likeness (QED) is 0.707. The van der Waals surface area contributed by atoms with Crippen molar-refractivity contribution in [1.82, 2.24) is 10.2 Å². The summed E-state index contributed by atoms with van der Waals surface area (Å²) in [6.45, 7) is 0. The summed E-state index contributed by atoms with van der Waals surface area (Å²) in [5, 5.41) is 10.6. The van der Waals surface area contributed by atoms with Gasteiger partial charge in [-0.15, -0.1) is 0 Å². The molecular weight excluding hydrogens is 306 g/mol. The number of H-pyrrole nitrogens is 1. The summed E-state index contributed by atoms with van der Waals surface area (Å²) >= 11 is 0. The van der Waals surface area contributed by atoms with Crippen LogP contribution >= 0.6 is 0 Å². The van der Waals surface area contributed by atoms with Gasteiger partial charge in [0.25, 0.3) is 0 Å². The molecule has 24 heavy (non-hydrogen) atoms. The Hall–Kier alpha value is -3.28. The predicted octanol–water partition coefficient (Wildman–Crippen LogP) is 3.23. The number of hydrogen-bond donors (Lipinski definition) is 2. The van der Waals surface area contributed by atoms with E-state index in [0.717, 1.165) is 16.5 Å². The maximum absolute atomic E-state index is 12.1. The van der Waals surface area contributed by atoms with Gasteiger partial charge >= 0.3 is 0 Å². The highest BCUT2D eigenvalue weighted by Gasteiger charge is 2.04. The topological polar surface area (TPSA) is 76.2 Å². The normalized spacial score (nSPS) is 10.9. The maximum Gasteiger partial charge on any atom is 0.248 e. The average Bonchev–Trinajstić information content (AvgIpc) is 3.07. The van der Waals surface area contributed by atoms with Gasteiger partial charge in [0.1, 0.15) is 11.5 Å². The number of carbonyl (C=O) groups is 1. The zero-order valence-corrected chi connectivity index (χ0v) is 13.4. The maximum atomic E-state index is 12.1. The van der Waals surface area contributed by atoms with Gasteiger partial charge in [0.2, 0.25) is 5.91 Å². The number of hydrogen-bond acceptors (Lipinski definition) is 4. The van der Waals surface area contributed by atoms with E-state index in [-0.39, 0.29) is 5.91 Å². The van der Waals surface area contributed by atoms with Crippen LogP contribution in [0, 0.1) is 0 Å². The standard InChI is InChI=1S/C18H17N3O3/c1-23-15-6-7-17(24-2)12(9-15)4-8-18(22)20-14-5-3-13-11-19-21-16(13)10-14/h3-11H,1-2H3,(H,19,21)(H,20,22)/b8-4+. The third-order valence-corrected chi connectivity index (χ3v) is 3.56. The van der Waals surface area contributed by atoms with Crippen molar-refractivity contribution < 1.29 is 14.3 Å². The lowest BCUT2D eigenvalue weighted by molar-refractivity contribution is -0.111. The Morgan fingerprint density at radius 2 is 2.04 bits per heavy atom. The first kappa shape index (κ1) is 15.6. The minimum atomic E-state index is -0.237. The van der Waals surface area contributed by atoms with E-state index in [0.29, 0.717) is 17.2 Å². The van der Waals surface area contributed by atoms with Gasteiger partial charge in [-0.05, 0) is 42.5 Å². The zero-order valence-electron chi connectivity index (χ0n) is 13.4. The molecule has 0 atom stereocenters. The number of amides is 1. The van der Waals surface area contributed by atoms with E-state index in [4.69, 9.17) is 9.47 Å². The van der Waals surface area contributed by atoms with Crippen molar-refractivity contribution in [3.8, 4) is 11.5 Å². The number of nitrogens with zero attached hydrogens (tertiary/aromatic N) is 1. The summed E-state index contributed by atoms with van der Waals surface area (Å²) < 4.78 is 10.5. The first-order chi connectivity index (χ1) is 11.7. The molecule has 0 fully saturated rings. The Balaban J connectivity index is 1.75. The van der Waals surface area contributed by atoms with Gasteiger partial charge < -0.3 is 14.8 Å². The van der Waals surface area contributed by atoms with Gasteiger partial charge in [0, 0.05) is 22.7 Å². The second-order valence-electron chi connectivity index (χ2n) is 5.10. The molecule has 0 saturated carbocycles. The fourth-order valence-electron chi connectivity index (χ4n) is 2.33. The molecule has 0 unspecified atom stereocenters. The van der Waals surface area contributed by atoms with Crippen LogP contribution in [0.1, 0.15) is 5.56 Å². The molecule has 0 radical (unpaired) electrons. The lowest BCUT2D eigenvalue weighted by atomic mass is 10.1. The summed E-state index contributed by atoms with van der Waals surface area (Å²) in [4.78, 5) is 12.1. The Morgan fingerprint density at radius 3 is 2.83 bits per heavy atom. The van der Waals surface area contributed by atoms with E-state index in [1.807, 2.05) is 18.2 Å². The highest BCUT2D eigenvalue weighted by Crippen LogP contribution is 2.25. The number of anilines is 1. The van der Waals surface area contributed by atoms with Crippen molar-refractivity contribution in [3.05, 3.63) is 54.2 Å². The molecule has 1 aromatic heterocycles. The van der Waals surface area contributed by atoms with Crippen LogP contribution in [0.4, 0.5) is 5.69 Å². The highest BCUT2D eigenvalue weighted by molar-refractivity contribution is 6.03. The molecule has 0 saturated heterocycles. The van der Waals surface area contributed by atoms with E-state index >= 15 is 0 Å². The molecule has 6 heteroatoms. The minimum absolute atomic E-state index is 0.237. The number of carbonyl (C=O) groups excluding carboxylic acids is 1. The Labute approximate surface area is 139 Å². The molecule has 3 rings (SSSR count). The third kappa shape index (κ3) is 3.38. The fraction of sp³-hybridized carbons (Fsp3) is 0.111. The second kappa shape index (κ2) is 6.87. The number of methoxy groups -OCH3 is 2. The molecule has 0 spiro atoms. The molecule has 2 aromatic carbocycles. The smallest absolute Gasteiger partial charge is 0.248 e. The van der Waals surface area contributed by atoms with Crippen LogP contribution in [0.5, 0.6) is 11.5 Å². The summed E-state index contributed by atoms with van der Waals surface area (Å²) in [6.07, 6.45) is 4.87. The van der Waals surface area contributed by atoms with Crippen molar-refractivity contribution in [2.24, 2.45) is 0 Å². The summed E-state index contributed by atoms with van der Waals surface area (Å²) in [7, 11) is 3.17. The lowest BCUT2D eigenvalue weighted by Gasteiger charge is -2.07. The molecule has 6 nitrogen and oxygen atoms in total. The number of aromatic amines is 1. The van der Waals surface area contributed by atoms with Gasteiger partial charge in [0.05, 0.1) is 25.9 Å². The van der Waals surface area contributed by atoms with Crippen molar-refractivity contribution in [3.63, 3.8) is 0 Å². The number of benzene rings is 2. The fourth-order valence-corrected chi connectivity index (χ4v) is 2.33. The van der Waals surface area contributed by atoms with Gasteiger partial charge in [0.15, 0.2) is 0 Å². The molecule has 1 heterocycles. The SMILES string of the molecule is COc1ccc(OC)c(/C=C/C(=O)Nc2ccc3cn[nH]c3c2)c1. The van der Waals surface area contributed by atoms with Crippen molar-refractivity contribution >= 4 is 28.6 Å². The van der Waals surface area contributed by atoms with E-state index in [1.54, 1.807) is 44.7 Å². The number of ether oxygens (including phenoxy) is 2. The van der Waals surface area contributed by atoms with Crippen molar-refractivity contribution in [1.29, 1.82) is 0 Å². The molecule has 0 bridgehead atoms. The zero-order chi connectivity index (χ0) is 16.9. The van der Waals surface area contributed by atoms with Gasteiger partial charge in [-0.1, -0.05) is 0 Å². The summed E-state index contributed by atoms with van der Waals surface area (Å²) in [5.41, 5.74) is 2.32. The molecule has 1 amide bonds. The van der Waals surface area contributed by atoms with E-state index in [2.05, 4.69) is 15.5 Å². The minimum Gasteiger partial charge on any atom is -0.497 e. The molecule has 0 aliphatic rings. The lowest BCUT2D eigenvalue weighted by Crippen LogP contribution is -2.07. The van der Waals surface area contributed by atoms with Crippen LogP contribution in [-0.2, 0) is 4.79 Å². The number of rotatable bonds is 5. The highest BCUT2D eigenvalue weighted by atomic mass is 16.5. The first-order valence-electron chi connectivity index (χ1n) is 7.34. The molecule has 0 aliphatic carbocycles. The first-order valence-corrected chi connectivity index (χ1v) is 7.34. The van der Waals surface area contributed by atoms with Gasteiger partial charge in [-0.3, -0.25) is 9.89 Å². The average molecular weight is 323 g/mol. The van der Waals surface area contributed by atoms with Crippen molar-refractivity contribution in [2.75, 3.05) is 19.5 Å². The predicted molar refractivity (Wildman–Crippen MR) is 93.3 cm³/mol. The Bertz CT molecular complexity index is 899. The van der Waals surface area contributed by atoms with Crippen LogP contribution in [0.25, 0.3) is 17.0 Å². The Morgan fingerprint density at radius 1 is 1.17 bits per heavy atom. The molecule has 2 N–H and O–H groups in total. The number of nitrogens with one attached hydrogen (secondary N) is 2. The summed E-state index contributed by atoms with van der Waals surface area (Å²) in [6, 6.07) is 11.0. The van der Waals surface area contributed by atoms with Gasteiger partial charge in [-0.2, -0.15) is 5.10 Å². The van der Waals surface area contributed by atoms with E-state index < -0.39 is 0 Å². The molecule has 3 aromatic rings. The summed E-state index contributed by atoms with van der Waals surface area (Å²) in [5.74, 6) is 1.12. The molecule has 122 valence electrons. The second-order valence-corrected chi connectivity index (χ2v) is 5.10. The Kier molecular flexibility index (Phi) is 4.47. The van der Waals surface area contributed by atoms with Crippen molar-refractivity contribution in [2.45, 2.75) is 0 Å². The number of fused-ring (bicyclic) bond motifs is 1. The van der Waals surface area contributed by atoms with Crippen LogP contribution in [0.2, 0.25) is 0 Å². The van der Waals surface area contributed by atoms with Crippen LogP contribution in [0.15, 0.2) is 48.7 Å². The van der Waals surface area contributed by atoms with Crippen LogP contribution in [0.3, 0.4) is 0 Å².